The van der Waals surface area contributed by atoms with E-state index in [0.29, 0.717) is 5.57 Å². The molecule has 4 rings (SSSR count). The third-order valence-corrected chi connectivity index (χ3v) is 7.73. The number of ether oxygens (including phenoxy) is 3. The number of esters is 2. The topological polar surface area (TPSA) is 143 Å². The van der Waals surface area contributed by atoms with Crippen molar-refractivity contribution >= 4 is 11.9 Å². The van der Waals surface area contributed by atoms with Gasteiger partial charge < -0.3 is 34.6 Å². The first-order chi connectivity index (χ1) is 13.4. The molecule has 0 amide bonds. The minimum absolute atomic E-state index is 0.0430. The van der Waals surface area contributed by atoms with E-state index in [9.17, 15) is 30.0 Å². The molecule has 9 atom stereocenters. The summed E-state index contributed by atoms with van der Waals surface area (Å²) in [7, 11) is 1.35. The van der Waals surface area contributed by atoms with Crippen molar-refractivity contribution in [2.75, 3.05) is 7.11 Å². The SMILES string of the molecule is CO[C@@H]1[C@H](O)[C@@](O)(C(C)C)C2=C3[C@H](OC2=O)[C@@H](O)[C@]2(C[C@@H]([C@H](C)O)C(=O)O2)[C@@]31C. The van der Waals surface area contributed by atoms with Gasteiger partial charge >= 0.3 is 11.9 Å². The lowest BCUT2D eigenvalue weighted by atomic mass is 9.56. The zero-order chi connectivity index (χ0) is 21.7. The third kappa shape index (κ3) is 2.07. The van der Waals surface area contributed by atoms with Crippen molar-refractivity contribution in [1.82, 2.24) is 0 Å². The third-order valence-electron chi connectivity index (χ3n) is 7.73. The molecule has 2 fully saturated rings. The molecule has 162 valence electrons. The minimum atomic E-state index is -1.96. The van der Waals surface area contributed by atoms with Gasteiger partial charge in [-0.1, -0.05) is 13.8 Å². The minimum Gasteiger partial charge on any atom is -0.455 e. The van der Waals surface area contributed by atoms with Gasteiger partial charge in [0.05, 0.1) is 29.1 Å². The lowest BCUT2D eigenvalue weighted by Gasteiger charge is -2.54. The van der Waals surface area contributed by atoms with E-state index in [1.165, 1.54) is 14.0 Å². The molecule has 2 aliphatic carbocycles. The summed E-state index contributed by atoms with van der Waals surface area (Å²) < 4.78 is 16.8. The van der Waals surface area contributed by atoms with Gasteiger partial charge in [0, 0.05) is 13.5 Å². The molecule has 29 heavy (non-hydrogen) atoms. The number of fused-ring (bicyclic) bond motifs is 1. The molecule has 4 N–H and O–H groups in total. The molecule has 1 saturated heterocycles. The van der Waals surface area contributed by atoms with E-state index < -0.39 is 70.9 Å². The maximum atomic E-state index is 12.7. The van der Waals surface area contributed by atoms with Gasteiger partial charge in [0.1, 0.15) is 17.8 Å². The van der Waals surface area contributed by atoms with Crippen molar-refractivity contribution < 1.29 is 44.2 Å². The molecule has 0 aromatic rings. The standard InChI is InChI=1S/C20H28O9/c1-7(2)20(26)11-10-12(28-17(11)25)13(22)19(6-9(8(3)21)16(24)29-19)18(10,4)15(27-5)14(20)23/h7-9,12-15,21-23,26H,6H2,1-5H3/t8-,9-,12-,13+,14-,15+,18-,19+,20+/m0/s1. The zero-order valence-electron chi connectivity index (χ0n) is 17.1. The molecule has 2 heterocycles. The van der Waals surface area contributed by atoms with E-state index >= 15 is 0 Å². The summed E-state index contributed by atoms with van der Waals surface area (Å²) in [6.07, 6.45) is -6.29. The van der Waals surface area contributed by atoms with Crippen LogP contribution < -0.4 is 0 Å². The molecular weight excluding hydrogens is 384 g/mol. The quantitative estimate of drug-likeness (QED) is 0.431. The van der Waals surface area contributed by atoms with Crippen LogP contribution in [0, 0.1) is 17.3 Å². The largest absolute Gasteiger partial charge is 0.455 e. The second kappa shape index (κ2) is 6.01. The van der Waals surface area contributed by atoms with Crippen molar-refractivity contribution in [3.05, 3.63) is 11.1 Å². The molecule has 1 spiro atoms. The predicted octanol–water partition coefficient (Wildman–Crippen LogP) is -0.951. The fourth-order valence-corrected chi connectivity index (χ4v) is 6.08. The summed E-state index contributed by atoms with van der Waals surface area (Å²) in [6, 6.07) is 0. The number of hydrogen-bond donors (Lipinski definition) is 4. The van der Waals surface area contributed by atoms with Crippen LogP contribution in [-0.2, 0) is 23.8 Å². The second-order valence-corrected chi connectivity index (χ2v) is 9.20. The lowest BCUT2D eigenvalue weighted by Crippen LogP contribution is -2.68. The van der Waals surface area contributed by atoms with E-state index in [2.05, 4.69) is 0 Å². The highest BCUT2D eigenvalue weighted by molar-refractivity contribution is 5.97. The summed E-state index contributed by atoms with van der Waals surface area (Å²) in [4.78, 5) is 25.3. The van der Waals surface area contributed by atoms with Crippen LogP contribution in [-0.4, -0.2) is 81.2 Å². The number of aliphatic hydroxyl groups is 4. The molecule has 9 heteroatoms. The van der Waals surface area contributed by atoms with E-state index in [4.69, 9.17) is 14.2 Å². The Morgan fingerprint density at radius 3 is 2.28 bits per heavy atom. The first-order valence-electron chi connectivity index (χ1n) is 9.87. The van der Waals surface area contributed by atoms with Gasteiger partial charge in [-0.15, -0.1) is 0 Å². The summed E-state index contributed by atoms with van der Waals surface area (Å²) in [6.45, 7) is 6.42. The van der Waals surface area contributed by atoms with Crippen molar-refractivity contribution in [1.29, 1.82) is 0 Å². The average molecular weight is 412 g/mol. The van der Waals surface area contributed by atoms with Crippen LogP contribution in [0.15, 0.2) is 11.1 Å². The smallest absolute Gasteiger partial charge is 0.337 e. The number of methoxy groups -OCH3 is 1. The molecule has 2 aliphatic heterocycles. The predicted molar refractivity (Wildman–Crippen MR) is 96.2 cm³/mol. The molecular formula is C20H28O9. The lowest BCUT2D eigenvalue weighted by molar-refractivity contribution is -0.226. The normalized spacial score (nSPS) is 49.7. The molecule has 0 bridgehead atoms. The van der Waals surface area contributed by atoms with Gasteiger partial charge in [0.15, 0.2) is 11.7 Å². The number of aliphatic hydroxyl groups excluding tert-OH is 3. The van der Waals surface area contributed by atoms with Crippen molar-refractivity contribution in [2.45, 2.75) is 75.8 Å². The van der Waals surface area contributed by atoms with Crippen molar-refractivity contribution in [2.24, 2.45) is 17.3 Å². The van der Waals surface area contributed by atoms with Gasteiger partial charge in [-0.05, 0) is 25.3 Å². The molecule has 9 nitrogen and oxygen atoms in total. The summed E-state index contributed by atoms with van der Waals surface area (Å²) in [5.74, 6) is -2.95. The van der Waals surface area contributed by atoms with Crippen LogP contribution in [0.25, 0.3) is 0 Å². The van der Waals surface area contributed by atoms with Gasteiger partial charge in [0.2, 0.25) is 0 Å². The van der Waals surface area contributed by atoms with E-state index in [-0.39, 0.29) is 12.0 Å². The summed E-state index contributed by atoms with van der Waals surface area (Å²) in [5, 5.41) is 43.9. The van der Waals surface area contributed by atoms with Gasteiger partial charge in [-0.25, -0.2) is 4.79 Å². The Morgan fingerprint density at radius 2 is 1.79 bits per heavy atom. The van der Waals surface area contributed by atoms with Gasteiger partial charge in [-0.3, -0.25) is 4.79 Å². The number of hydrogen-bond acceptors (Lipinski definition) is 9. The maximum Gasteiger partial charge on any atom is 0.337 e. The van der Waals surface area contributed by atoms with Gasteiger partial charge in [0.25, 0.3) is 0 Å². The highest BCUT2D eigenvalue weighted by Crippen LogP contribution is 2.67. The Bertz CT molecular complexity index is 804. The van der Waals surface area contributed by atoms with E-state index in [1.807, 2.05) is 0 Å². The van der Waals surface area contributed by atoms with Crippen LogP contribution in [0.1, 0.15) is 34.1 Å². The van der Waals surface area contributed by atoms with E-state index in [0.717, 1.165) is 0 Å². The van der Waals surface area contributed by atoms with Crippen LogP contribution in [0.5, 0.6) is 0 Å². The molecule has 0 aromatic carbocycles. The first kappa shape index (κ1) is 20.7. The fraction of sp³-hybridized carbons (Fsp3) is 0.800. The highest BCUT2D eigenvalue weighted by Gasteiger charge is 2.81. The molecule has 0 aromatic heterocycles. The highest BCUT2D eigenvalue weighted by atomic mass is 16.6. The Labute approximate surface area is 168 Å². The molecule has 4 aliphatic rings. The van der Waals surface area contributed by atoms with Crippen LogP contribution >= 0.6 is 0 Å². The number of carbonyl (C=O) groups is 2. The fourth-order valence-electron chi connectivity index (χ4n) is 6.08. The number of rotatable bonds is 3. The van der Waals surface area contributed by atoms with Crippen LogP contribution in [0.4, 0.5) is 0 Å². The van der Waals surface area contributed by atoms with Crippen molar-refractivity contribution in [3.8, 4) is 0 Å². The van der Waals surface area contributed by atoms with Crippen molar-refractivity contribution in [3.63, 3.8) is 0 Å². The van der Waals surface area contributed by atoms with E-state index in [1.54, 1.807) is 20.8 Å². The Kier molecular flexibility index (Phi) is 4.30. The summed E-state index contributed by atoms with van der Waals surface area (Å²) in [5.41, 5.74) is -4.71. The first-order valence-corrected chi connectivity index (χ1v) is 9.87. The molecule has 0 unspecified atom stereocenters. The second-order valence-electron chi connectivity index (χ2n) is 9.20. The van der Waals surface area contributed by atoms with Crippen LogP contribution in [0.2, 0.25) is 0 Å². The van der Waals surface area contributed by atoms with Gasteiger partial charge in [-0.2, -0.15) is 0 Å². The molecule has 1 saturated carbocycles. The zero-order valence-corrected chi connectivity index (χ0v) is 17.1. The Hall–Kier alpha value is -1.52. The number of carbonyl (C=O) groups excluding carboxylic acids is 2. The average Bonchev–Trinajstić information content (AvgIpc) is 3.22. The van der Waals surface area contributed by atoms with Crippen LogP contribution in [0.3, 0.4) is 0 Å². The maximum absolute atomic E-state index is 12.7. The monoisotopic (exact) mass is 412 g/mol. The summed E-state index contributed by atoms with van der Waals surface area (Å²) >= 11 is 0. The Balaban J connectivity index is 2.01. The molecule has 0 radical (unpaired) electrons. The Morgan fingerprint density at radius 1 is 1.17 bits per heavy atom.